The van der Waals surface area contributed by atoms with Crippen molar-refractivity contribution in [3.8, 4) is 0 Å². The molecule has 1 heterocycles. The Hall–Kier alpha value is -1.41. The first-order valence-corrected chi connectivity index (χ1v) is 6.34. The summed E-state index contributed by atoms with van der Waals surface area (Å²) in [6, 6.07) is 8.26. The molecule has 0 bridgehead atoms. The molecule has 1 nitrogen and oxygen atoms in total. The van der Waals surface area contributed by atoms with Gasteiger partial charge in [-0.3, -0.25) is 4.98 Å². The van der Waals surface area contributed by atoms with Crippen LogP contribution >= 0.6 is 15.9 Å². The van der Waals surface area contributed by atoms with Crippen LogP contribution in [0.5, 0.6) is 0 Å². The molecule has 0 aliphatic heterocycles. The van der Waals surface area contributed by atoms with Crippen molar-refractivity contribution in [2.75, 3.05) is 0 Å². The molecule has 0 aliphatic carbocycles. The molecule has 0 unspecified atom stereocenters. The van der Waals surface area contributed by atoms with Crippen LogP contribution in [0.2, 0.25) is 0 Å². The molecule has 2 aromatic rings. The minimum absolute atomic E-state index is 0.797. The second-order valence-electron chi connectivity index (χ2n) is 3.89. The molecule has 2 heteroatoms. The first-order chi connectivity index (χ1) is 8.26. The van der Waals surface area contributed by atoms with E-state index in [2.05, 4.69) is 35.2 Å². The van der Waals surface area contributed by atoms with Crippen molar-refractivity contribution in [1.82, 2.24) is 4.98 Å². The monoisotopic (exact) mass is 287 g/mol. The van der Waals surface area contributed by atoms with Gasteiger partial charge in [-0.25, -0.2) is 0 Å². The second kappa shape index (κ2) is 5.28. The van der Waals surface area contributed by atoms with Crippen molar-refractivity contribution >= 4 is 26.8 Å². The summed E-state index contributed by atoms with van der Waals surface area (Å²) in [5.74, 6) is 0. The highest BCUT2D eigenvalue weighted by Gasteiger charge is 2.06. The van der Waals surface area contributed by atoms with E-state index in [0.29, 0.717) is 0 Å². The van der Waals surface area contributed by atoms with E-state index in [1.165, 1.54) is 5.56 Å². The number of nitrogens with zero attached hydrogens (tertiary/aromatic N) is 1. The Bertz CT molecular complexity index is 572. The van der Waals surface area contributed by atoms with E-state index in [4.69, 9.17) is 4.98 Å². The van der Waals surface area contributed by atoms with Crippen LogP contribution in [0.4, 0.5) is 0 Å². The summed E-state index contributed by atoms with van der Waals surface area (Å²) in [6.07, 6.45) is 5.43. The normalized spacial score (nSPS) is 10.4. The lowest BCUT2D eigenvalue weighted by Gasteiger charge is -2.08. The zero-order valence-corrected chi connectivity index (χ0v) is 11.2. The summed E-state index contributed by atoms with van der Waals surface area (Å²) in [4.78, 5) is 4.70. The predicted octanol–water partition coefficient (Wildman–Crippen LogP) is 4.45. The number of allylic oxidation sites excluding steroid dienone is 2. The average Bonchev–Trinajstić information content (AvgIpc) is 2.32. The maximum absolute atomic E-state index is 4.70. The fourth-order valence-corrected chi connectivity index (χ4v) is 2.36. The van der Waals surface area contributed by atoms with E-state index < -0.39 is 0 Å². The summed E-state index contributed by atoms with van der Waals surface area (Å²) in [5.41, 5.74) is 3.33. The lowest BCUT2D eigenvalue weighted by Crippen LogP contribution is -1.97. The van der Waals surface area contributed by atoms with Gasteiger partial charge in [0, 0.05) is 22.0 Å². The maximum Gasteiger partial charge on any atom is 0.0717 e. The van der Waals surface area contributed by atoms with E-state index in [1.54, 1.807) is 0 Å². The number of halogens is 1. The van der Waals surface area contributed by atoms with Gasteiger partial charge in [0.1, 0.15) is 0 Å². The first kappa shape index (κ1) is 12.1. The smallest absolute Gasteiger partial charge is 0.0717 e. The van der Waals surface area contributed by atoms with Crippen LogP contribution in [0, 0.1) is 0 Å². The third kappa shape index (κ3) is 2.47. The van der Waals surface area contributed by atoms with Crippen molar-refractivity contribution in [3.05, 3.63) is 65.3 Å². The minimum atomic E-state index is 0.797. The summed E-state index contributed by atoms with van der Waals surface area (Å²) < 4.78 is 1.08. The van der Waals surface area contributed by atoms with Gasteiger partial charge in [0.05, 0.1) is 5.52 Å². The highest BCUT2D eigenvalue weighted by molar-refractivity contribution is 9.10. The van der Waals surface area contributed by atoms with Gasteiger partial charge in [-0.1, -0.05) is 34.1 Å². The third-order valence-corrected chi connectivity index (χ3v) is 3.37. The van der Waals surface area contributed by atoms with Crippen molar-refractivity contribution in [2.45, 2.75) is 12.8 Å². The second-order valence-corrected chi connectivity index (χ2v) is 4.74. The quantitative estimate of drug-likeness (QED) is 0.757. The number of fused-ring (bicyclic) bond motifs is 1. The molecular weight excluding hydrogens is 274 g/mol. The number of hydrogen-bond acceptors (Lipinski definition) is 1. The number of rotatable bonds is 4. The molecule has 0 amide bonds. The molecule has 0 fully saturated rings. The van der Waals surface area contributed by atoms with Gasteiger partial charge in [-0.2, -0.15) is 0 Å². The molecule has 0 spiro atoms. The molecule has 0 aliphatic rings. The van der Waals surface area contributed by atoms with E-state index in [0.717, 1.165) is 33.9 Å². The molecule has 1 aromatic heterocycles. The lowest BCUT2D eigenvalue weighted by molar-refractivity contribution is 1.07. The molecule has 0 atom stereocenters. The summed E-state index contributed by atoms with van der Waals surface area (Å²) in [5, 5.41) is 1.15. The van der Waals surface area contributed by atoms with Crippen LogP contribution in [0.3, 0.4) is 0 Å². The standard InChI is InChI=1S/C15H14BrN/c1-3-6-11-10-12-13(16)8-5-9-15(12)17-14(11)7-4-2/h3-5,8-10H,1-2,6-7H2. The Morgan fingerprint density at radius 2 is 1.94 bits per heavy atom. The van der Waals surface area contributed by atoms with Crippen LogP contribution in [-0.4, -0.2) is 4.98 Å². The molecule has 1 aromatic carbocycles. The van der Waals surface area contributed by atoms with Gasteiger partial charge in [-0.15, -0.1) is 13.2 Å². The highest BCUT2D eigenvalue weighted by atomic mass is 79.9. The zero-order valence-electron chi connectivity index (χ0n) is 9.62. The summed E-state index contributed by atoms with van der Waals surface area (Å²) in [7, 11) is 0. The Balaban J connectivity index is 2.67. The van der Waals surface area contributed by atoms with E-state index in [-0.39, 0.29) is 0 Å². The SMILES string of the molecule is C=CCc1cc2c(Br)cccc2nc1CC=C. The van der Waals surface area contributed by atoms with Gasteiger partial charge in [0.15, 0.2) is 0 Å². The Kier molecular flexibility index (Phi) is 3.75. The van der Waals surface area contributed by atoms with Gasteiger partial charge in [-0.05, 0) is 30.2 Å². The van der Waals surface area contributed by atoms with Crippen molar-refractivity contribution in [1.29, 1.82) is 0 Å². The Morgan fingerprint density at radius 3 is 2.65 bits per heavy atom. The summed E-state index contributed by atoms with van der Waals surface area (Å²) in [6.45, 7) is 7.57. The summed E-state index contributed by atoms with van der Waals surface area (Å²) >= 11 is 3.56. The third-order valence-electron chi connectivity index (χ3n) is 2.68. The topological polar surface area (TPSA) is 12.9 Å². The molecule has 17 heavy (non-hydrogen) atoms. The van der Waals surface area contributed by atoms with Crippen LogP contribution in [0.1, 0.15) is 11.3 Å². The molecule has 0 saturated carbocycles. The molecule has 86 valence electrons. The highest BCUT2D eigenvalue weighted by Crippen LogP contribution is 2.25. The number of aromatic nitrogens is 1. The van der Waals surface area contributed by atoms with E-state index in [9.17, 15) is 0 Å². The molecule has 2 rings (SSSR count). The van der Waals surface area contributed by atoms with Gasteiger partial charge in [0.25, 0.3) is 0 Å². The van der Waals surface area contributed by atoms with Crippen LogP contribution in [0.25, 0.3) is 10.9 Å². The average molecular weight is 288 g/mol. The van der Waals surface area contributed by atoms with Gasteiger partial charge >= 0.3 is 0 Å². The minimum Gasteiger partial charge on any atom is -0.252 e. The van der Waals surface area contributed by atoms with Crippen molar-refractivity contribution < 1.29 is 0 Å². The molecule has 0 N–H and O–H groups in total. The molecule has 0 saturated heterocycles. The fourth-order valence-electron chi connectivity index (χ4n) is 1.89. The first-order valence-electron chi connectivity index (χ1n) is 5.55. The van der Waals surface area contributed by atoms with E-state index >= 15 is 0 Å². The Labute approximate surface area is 110 Å². The number of pyridine rings is 1. The van der Waals surface area contributed by atoms with Gasteiger partial charge in [0.2, 0.25) is 0 Å². The zero-order chi connectivity index (χ0) is 12.3. The lowest BCUT2D eigenvalue weighted by atomic mass is 10.0. The number of benzene rings is 1. The fraction of sp³-hybridized carbons (Fsp3) is 0.133. The van der Waals surface area contributed by atoms with E-state index in [1.807, 2.05) is 30.4 Å². The number of hydrogen-bond donors (Lipinski definition) is 0. The molecule has 0 radical (unpaired) electrons. The van der Waals surface area contributed by atoms with Crippen molar-refractivity contribution in [2.24, 2.45) is 0 Å². The van der Waals surface area contributed by atoms with Crippen molar-refractivity contribution in [3.63, 3.8) is 0 Å². The van der Waals surface area contributed by atoms with Crippen LogP contribution in [0.15, 0.2) is 54.0 Å². The molecular formula is C15H14BrN. The van der Waals surface area contributed by atoms with Gasteiger partial charge < -0.3 is 0 Å². The Morgan fingerprint density at radius 1 is 1.18 bits per heavy atom. The van der Waals surface area contributed by atoms with Crippen LogP contribution in [-0.2, 0) is 12.8 Å². The predicted molar refractivity (Wildman–Crippen MR) is 77.2 cm³/mol. The van der Waals surface area contributed by atoms with Crippen LogP contribution < -0.4 is 0 Å². The largest absolute Gasteiger partial charge is 0.252 e. The maximum atomic E-state index is 4.70.